The fraction of sp³-hybridized carbons (Fsp3) is 0.308. The molecule has 0 atom stereocenters. The lowest BCUT2D eigenvalue weighted by Crippen LogP contribution is -2.02. The summed E-state index contributed by atoms with van der Waals surface area (Å²) < 4.78 is 1.81. The van der Waals surface area contributed by atoms with Gasteiger partial charge in [-0.3, -0.25) is 4.68 Å². The average molecular weight is 250 g/mol. The molecule has 0 saturated heterocycles. The minimum absolute atomic E-state index is 0.760. The number of anilines is 1. The SMILES string of the molecule is Cc1cc(CNc2nn(C)cc2C)ccc1Cl. The highest BCUT2D eigenvalue weighted by Gasteiger charge is 2.03. The van der Waals surface area contributed by atoms with Crippen molar-refractivity contribution in [1.29, 1.82) is 0 Å². The first-order valence-electron chi connectivity index (χ1n) is 5.55. The number of rotatable bonds is 3. The summed E-state index contributed by atoms with van der Waals surface area (Å²) in [4.78, 5) is 0. The van der Waals surface area contributed by atoms with E-state index in [-0.39, 0.29) is 0 Å². The zero-order chi connectivity index (χ0) is 12.4. The van der Waals surface area contributed by atoms with Crippen molar-refractivity contribution in [1.82, 2.24) is 9.78 Å². The zero-order valence-corrected chi connectivity index (χ0v) is 11.0. The Morgan fingerprint density at radius 2 is 2.06 bits per heavy atom. The van der Waals surface area contributed by atoms with Crippen molar-refractivity contribution in [2.75, 3.05) is 5.32 Å². The molecule has 1 heterocycles. The van der Waals surface area contributed by atoms with Crippen LogP contribution in [0.2, 0.25) is 5.02 Å². The minimum atomic E-state index is 0.760. The molecule has 0 radical (unpaired) electrons. The number of aromatic nitrogens is 2. The first-order chi connectivity index (χ1) is 8.06. The minimum Gasteiger partial charge on any atom is -0.364 e. The molecular weight excluding hydrogens is 234 g/mol. The van der Waals surface area contributed by atoms with Crippen LogP contribution >= 0.6 is 11.6 Å². The van der Waals surface area contributed by atoms with Gasteiger partial charge in [-0.2, -0.15) is 5.10 Å². The van der Waals surface area contributed by atoms with E-state index in [4.69, 9.17) is 11.6 Å². The molecule has 17 heavy (non-hydrogen) atoms. The van der Waals surface area contributed by atoms with Crippen LogP contribution in [0.3, 0.4) is 0 Å². The molecule has 4 heteroatoms. The smallest absolute Gasteiger partial charge is 0.151 e. The number of aryl methyl sites for hydroxylation is 3. The molecule has 2 rings (SSSR count). The van der Waals surface area contributed by atoms with Crippen molar-refractivity contribution in [3.63, 3.8) is 0 Å². The lowest BCUT2D eigenvalue weighted by molar-refractivity contribution is 0.768. The van der Waals surface area contributed by atoms with E-state index in [2.05, 4.69) is 16.5 Å². The predicted molar refractivity (Wildman–Crippen MR) is 71.5 cm³/mol. The second kappa shape index (κ2) is 4.80. The van der Waals surface area contributed by atoms with Crippen molar-refractivity contribution in [2.45, 2.75) is 20.4 Å². The third-order valence-electron chi connectivity index (χ3n) is 2.69. The number of nitrogens with one attached hydrogen (secondary N) is 1. The van der Waals surface area contributed by atoms with Gasteiger partial charge in [0.25, 0.3) is 0 Å². The van der Waals surface area contributed by atoms with E-state index in [1.165, 1.54) is 5.56 Å². The van der Waals surface area contributed by atoms with Crippen molar-refractivity contribution >= 4 is 17.4 Å². The molecule has 0 unspecified atom stereocenters. The van der Waals surface area contributed by atoms with Gasteiger partial charge in [0, 0.05) is 30.4 Å². The summed E-state index contributed by atoms with van der Waals surface area (Å²) in [5, 5.41) is 8.47. The van der Waals surface area contributed by atoms with Gasteiger partial charge in [0.15, 0.2) is 5.82 Å². The quantitative estimate of drug-likeness (QED) is 0.905. The van der Waals surface area contributed by atoms with Gasteiger partial charge >= 0.3 is 0 Å². The number of nitrogens with zero attached hydrogens (tertiary/aromatic N) is 2. The highest BCUT2D eigenvalue weighted by Crippen LogP contribution is 2.17. The van der Waals surface area contributed by atoms with Gasteiger partial charge in [-0.15, -0.1) is 0 Å². The molecule has 0 amide bonds. The molecule has 2 aromatic rings. The summed E-state index contributed by atoms with van der Waals surface area (Å²) in [6.45, 7) is 4.82. The van der Waals surface area contributed by atoms with Crippen LogP contribution in [0.15, 0.2) is 24.4 Å². The monoisotopic (exact) mass is 249 g/mol. The van der Waals surface area contributed by atoms with Gasteiger partial charge in [-0.1, -0.05) is 23.7 Å². The van der Waals surface area contributed by atoms with Crippen molar-refractivity contribution in [3.8, 4) is 0 Å². The van der Waals surface area contributed by atoms with Gasteiger partial charge < -0.3 is 5.32 Å². The van der Waals surface area contributed by atoms with E-state index in [9.17, 15) is 0 Å². The van der Waals surface area contributed by atoms with Gasteiger partial charge in [-0.25, -0.2) is 0 Å². The molecule has 0 saturated carbocycles. The normalized spacial score (nSPS) is 10.6. The largest absolute Gasteiger partial charge is 0.364 e. The van der Waals surface area contributed by atoms with Crippen LogP contribution in [-0.4, -0.2) is 9.78 Å². The molecule has 3 nitrogen and oxygen atoms in total. The summed E-state index contributed by atoms with van der Waals surface area (Å²) in [5.41, 5.74) is 3.46. The molecule has 0 bridgehead atoms. The topological polar surface area (TPSA) is 29.9 Å². The Kier molecular flexibility index (Phi) is 3.38. The van der Waals surface area contributed by atoms with Gasteiger partial charge in [0.2, 0.25) is 0 Å². The first kappa shape index (κ1) is 12.0. The van der Waals surface area contributed by atoms with Crippen molar-refractivity contribution in [3.05, 3.63) is 46.1 Å². The van der Waals surface area contributed by atoms with E-state index in [0.717, 1.165) is 28.5 Å². The fourth-order valence-electron chi connectivity index (χ4n) is 1.78. The second-order valence-electron chi connectivity index (χ2n) is 4.27. The highest BCUT2D eigenvalue weighted by atomic mass is 35.5. The van der Waals surface area contributed by atoms with Crippen LogP contribution in [-0.2, 0) is 13.6 Å². The van der Waals surface area contributed by atoms with Crippen LogP contribution in [0.1, 0.15) is 16.7 Å². The first-order valence-corrected chi connectivity index (χ1v) is 5.93. The third-order valence-corrected chi connectivity index (χ3v) is 3.12. The highest BCUT2D eigenvalue weighted by molar-refractivity contribution is 6.31. The predicted octanol–water partition coefficient (Wildman–Crippen LogP) is 3.30. The second-order valence-corrected chi connectivity index (χ2v) is 4.68. The Morgan fingerprint density at radius 3 is 2.65 bits per heavy atom. The maximum atomic E-state index is 5.99. The van der Waals surface area contributed by atoms with E-state index >= 15 is 0 Å². The summed E-state index contributed by atoms with van der Waals surface area (Å²) in [7, 11) is 1.92. The van der Waals surface area contributed by atoms with E-state index in [0.29, 0.717) is 0 Å². The average Bonchev–Trinajstić information content (AvgIpc) is 2.59. The molecule has 90 valence electrons. The molecular formula is C13H16ClN3. The van der Waals surface area contributed by atoms with E-state index in [1.54, 1.807) is 0 Å². The summed E-state index contributed by atoms with van der Waals surface area (Å²) in [5.74, 6) is 0.931. The van der Waals surface area contributed by atoms with Crippen LogP contribution in [0.5, 0.6) is 0 Å². The Labute approximate surface area is 106 Å². The van der Waals surface area contributed by atoms with Gasteiger partial charge in [0.05, 0.1) is 0 Å². The van der Waals surface area contributed by atoms with E-state index < -0.39 is 0 Å². The number of hydrogen-bond donors (Lipinski definition) is 1. The standard InChI is InChI=1S/C13H16ClN3/c1-9-6-11(4-5-12(9)14)7-15-13-10(2)8-17(3)16-13/h4-6,8H,7H2,1-3H3,(H,15,16). The Bertz CT molecular complexity index is 531. The Hall–Kier alpha value is -1.48. The van der Waals surface area contributed by atoms with Crippen LogP contribution in [0.4, 0.5) is 5.82 Å². The number of benzene rings is 1. The summed E-state index contributed by atoms with van der Waals surface area (Å²) in [6.07, 6.45) is 2.00. The molecule has 0 aliphatic heterocycles. The molecule has 0 fully saturated rings. The third kappa shape index (κ3) is 2.80. The number of hydrogen-bond acceptors (Lipinski definition) is 2. The Morgan fingerprint density at radius 1 is 1.29 bits per heavy atom. The molecule has 1 aromatic carbocycles. The van der Waals surface area contributed by atoms with Gasteiger partial charge in [-0.05, 0) is 31.0 Å². The van der Waals surface area contributed by atoms with Crippen LogP contribution in [0.25, 0.3) is 0 Å². The Balaban J connectivity index is 2.07. The summed E-state index contributed by atoms with van der Waals surface area (Å²) >= 11 is 5.99. The lowest BCUT2D eigenvalue weighted by Gasteiger charge is -2.06. The molecule has 0 aliphatic rings. The van der Waals surface area contributed by atoms with Crippen molar-refractivity contribution in [2.24, 2.45) is 7.05 Å². The molecule has 0 spiro atoms. The van der Waals surface area contributed by atoms with Crippen LogP contribution < -0.4 is 5.32 Å². The maximum Gasteiger partial charge on any atom is 0.151 e. The molecule has 0 aliphatic carbocycles. The van der Waals surface area contributed by atoms with Crippen molar-refractivity contribution < 1.29 is 0 Å². The zero-order valence-electron chi connectivity index (χ0n) is 10.3. The molecule has 1 aromatic heterocycles. The maximum absolute atomic E-state index is 5.99. The lowest BCUT2D eigenvalue weighted by atomic mass is 10.1. The molecule has 1 N–H and O–H groups in total. The van der Waals surface area contributed by atoms with Gasteiger partial charge in [0.1, 0.15) is 0 Å². The van der Waals surface area contributed by atoms with Crippen LogP contribution in [0, 0.1) is 13.8 Å². The number of halogens is 1. The van der Waals surface area contributed by atoms with E-state index in [1.807, 2.05) is 43.9 Å². The fourth-order valence-corrected chi connectivity index (χ4v) is 1.90. The summed E-state index contributed by atoms with van der Waals surface area (Å²) in [6, 6.07) is 6.05.